The minimum atomic E-state index is -0.00355. The molecule has 3 nitrogen and oxygen atoms in total. The molecule has 1 saturated carbocycles. The molecule has 0 aromatic rings. The van der Waals surface area contributed by atoms with Gasteiger partial charge in [-0.15, -0.1) is 0 Å². The highest BCUT2D eigenvalue weighted by Crippen LogP contribution is 2.35. The van der Waals surface area contributed by atoms with E-state index in [4.69, 9.17) is 10.6 Å². The quantitative estimate of drug-likeness (QED) is 0.359. The summed E-state index contributed by atoms with van der Waals surface area (Å²) >= 11 is 0. The molecule has 0 aromatic heterocycles. The van der Waals surface area contributed by atoms with Crippen molar-refractivity contribution in [2.24, 2.45) is 5.84 Å². The Morgan fingerprint density at radius 2 is 1.68 bits per heavy atom. The summed E-state index contributed by atoms with van der Waals surface area (Å²) in [5.74, 6) is 5.80. The maximum Gasteiger partial charge on any atom is 0.0844 e. The summed E-state index contributed by atoms with van der Waals surface area (Å²) in [5.41, 5.74) is 3.04. The zero-order valence-electron chi connectivity index (χ0n) is 13.0. The molecule has 3 N–H and O–H groups in total. The number of methoxy groups -OCH3 is 1. The minimum Gasteiger partial charge on any atom is -0.377 e. The highest BCUT2D eigenvalue weighted by Gasteiger charge is 2.39. The van der Waals surface area contributed by atoms with Crippen molar-refractivity contribution in [3.05, 3.63) is 0 Å². The van der Waals surface area contributed by atoms with Gasteiger partial charge < -0.3 is 4.74 Å². The molecule has 1 unspecified atom stereocenters. The van der Waals surface area contributed by atoms with E-state index in [1.54, 1.807) is 0 Å². The van der Waals surface area contributed by atoms with Crippen LogP contribution in [0.5, 0.6) is 0 Å². The molecule has 0 bridgehead atoms. The van der Waals surface area contributed by atoms with Gasteiger partial charge in [-0.2, -0.15) is 0 Å². The smallest absolute Gasteiger partial charge is 0.0844 e. The van der Waals surface area contributed by atoms with Crippen molar-refractivity contribution in [3.63, 3.8) is 0 Å². The van der Waals surface area contributed by atoms with Crippen LogP contribution in [0.15, 0.2) is 0 Å². The summed E-state index contributed by atoms with van der Waals surface area (Å²) in [6.45, 7) is 2.26. The van der Waals surface area contributed by atoms with E-state index in [9.17, 15) is 0 Å². The Labute approximate surface area is 119 Å². The summed E-state index contributed by atoms with van der Waals surface area (Å²) in [4.78, 5) is 0. The average Bonchev–Trinajstić information content (AvgIpc) is 2.47. The van der Waals surface area contributed by atoms with Crippen LogP contribution in [-0.2, 0) is 4.74 Å². The Kier molecular flexibility index (Phi) is 8.67. The van der Waals surface area contributed by atoms with E-state index in [2.05, 4.69) is 12.3 Å². The van der Waals surface area contributed by atoms with Gasteiger partial charge in [-0.25, -0.2) is 0 Å². The summed E-state index contributed by atoms with van der Waals surface area (Å²) in [6, 6.07) is 0.323. The van der Waals surface area contributed by atoms with Crippen LogP contribution in [0.4, 0.5) is 0 Å². The van der Waals surface area contributed by atoms with Crippen LogP contribution in [0.25, 0.3) is 0 Å². The summed E-state index contributed by atoms with van der Waals surface area (Å²) in [5, 5.41) is 0. The molecule has 1 aliphatic carbocycles. The Hall–Kier alpha value is -0.120. The number of hydrogen-bond acceptors (Lipinski definition) is 3. The first kappa shape index (κ1) is 16.9. The molecule has 1 fully saturated rings. The van der Waals surface area contributed by atoms with Crippen molar-refractivity contribution >= 4 is 0 Å². The molecule has 19 heavy (non-hydrogen) atoms. The van der Waals surface area contributed by atoms with E-state index in [0.29, 0.717) is 6.04 Å². The molecule has 0 heterocycles. The SMILES string of the molecule is CCCCCCCCC(NN)C1(OC)CCCCC1. The number of unbranched alkanes of at least 4 members (excludes halogenated alkanes) is 5. The molecule has 0 aromatic carbocycles. The standard InChI is InChI=1S/C16H34N2O/c1-3-4-5-6-7-9-12-15(18-17)16(19-2)13-10-8-11-14-16/h15,18H,3-14,17H2,1-2H3. The van der Waals surface area contributed by atoms with Crippen LogP contribution in [0, 0.1) is 0 Å². The number of hydrazine groups is 1. The van der Waals surface area contributed by atoms with Crippen molar-refractivity contribution in [2.75, 3.05) is 7.11 Å². The largest absolute Gasteiger partial charge is 0.377 e. The molecule has 0 spiro atoms. The Bertz CT molecular complexity index is 215. The first-order valence-corrected chi connectivity index (χ1v) is 8.30. The van der Waals surface area contributed by atoms with Crippen LogP contribution in [0.3, 0.4) is 0 Å². The molecule has 0 saturated heterocycles. The van der Waals surface area contributed by atoms with E-state index in [1.807, 2.05) is 7.11 Å². The topological polar surface area (TPSA) is 47.3 Å². The number of ether oxygens (including phenoxy) is 1. The molecule has 0 amide bonds. The fourth-order valence-electron chi connectivity index (χ4n) is 3.47. The first-order valence-electron chi connectivity index (χ1n) is 8.30. The first-order chi connectivity index (χ1) is 9.29. The maximum absolute atomic E-state index is 5.88. The Balaban J connectivity index is 2.30. The van der Waals surface area contributed by atoms with Gasteiger partial charge in [-0.1, -0.05) is 64.7 Å². The lowest BCUT2D eigenvalue weighted by molar-refractivity contribution is -0.0698. The van der Waals surface area contributed by atoms with E-state index >= 15 is 0 Å². The third-order valence-corrected chi connectivity index (χ3v) is 4.79. The molecule has 0 radical (unpaired) electrons. The fourth-order valence-corrected chi connectivity index (χ4v) is 3.47. The van der Waals surface area contributed by atoms with Crippen molar-refractivity contribution in [1.29, 1.82) is 0 Å². The van der Waals surface area contributed by atoms with E-state index in [0.717, 1.165) is 19.3 Å². The predicted octanol–water partition coefficient (Wildman–Crippen LogP) is 3.92. The number of nitrogens with one attached hydrogen (secondary N) is 1. The molecule has 3 heteroatoms. The van der Waals surface area contributed by atoms with Gasteiger partial charge in [0, 0.05) is 7.11 Å². The molecule has 1 atom stereocenters. The van der Waals surface area contributed by atoms with Gasteiger partial charge in [-0.3, -0.25) is 11.3 Å². The van der Waals surface area contributed by atoms with Gasteiger partial charge in [0.2, 0.25) is 0 Å². The van der Waals surface area contributed by atoms with E-state index in [1.165, 1.54) is 57.8 Å². The van der Waals surface area contributed by atoms with Gasteiger partial charge >= 0.3 is 0 Å². The van der Waals surface area contributed by atoms with E-state index < -0.39 is 0 Å². The summed E-state index contributed by atoms with van der Waals surface area (Å²) < 4.78 is 5.88. The zero-order valence-corrected chi connectivity index (χ0v) is 13.0. The Morgan fingerprint density at radius 3 is 2.26 bits per heavy atom. The number of hydrogen-bond donors (Lipinski definition) is 2. The Morgan fingerprint density at radius 1 is 1.05 bits per heavy atom. The molecule has 1 aliphatic rings. The van der Waals surface area contributed by atoms with Crippen molar-refractivity contribution < 1.29 is 4.74 Å². The van der Waals surface area contributed by atoms with Gasteiger partial charge in [-0.05, 0) is 19.3 Å². The fraction of sp³-hybridized carbons (Fsp3) is 1.00. The average molecular weight is 270 g/mol. The van der Waals surface area contributed by atoms with Crippen LogP contribution < -0.4 is 11.3 Å². The second-order valence-corrected chi connectivity index (χ2v) is 6.11. The molecular formula is C16H34N2O. The van der Waals surface area contributed by atoms with Crippen LogP contribution in [0.2, 0.25) is 0 Å². The highest BCUT2D eigenvalue weighted by molar-refractivity contribution is 4.94. The summed E-state index contributed by atoms with van der Waals surface area (Å²) in [7, 11) is 1.86. The number of rotatable bonds is 10. The minimum absolute atomic E-state index is 0.00355. The van der Waals surface area contributed by atoms with Crippen LogP contribution in [0.1, 0.15) is 84.0 Å². The molecular weight excluding hydrogens is 236 g/mol. The van der Waals surface area contributed by atoms with Crippen LogP contribution >= 0.6 is 0 Å². The monoisotopic (exact) mass is 270 g/mol. The normalized spacial score (nSPS) is 20.4. The number of nitrogens with two attached hydrogens (primary N) is 1. The van der Waals surface area contributed by atoms with Crippen molar-refractivity contribution in [1.82, 2.24) is 5.43 Å². The van der Waals surface area contributed by atoms with Gasteiger partial charge in [0.25, 0.3) is 0 Å². The third-order valence-electron chi connectivity index (χ3n) is 4.79. The second kappa shape index (κ2) is 9.73. The predicted molar refractivity (Wildman–Crippen MR) is 81.9 cm³/mol. The van der Waals surface area contributed by atoms with Crippen molar-refractivity contribution in [2.45, 2.75) is 95.6 Å². The van der Waals surface area contributed by atoms with Crippen LogP contribution in [-0.4, -0.2) is 18.8 Å². The maximum atomic E-state index is 5.88. The van der Waals surface area contributed by atoms with Crippen molar-refractivity contribution in [3.8, 4) is 0 Å². The molecule has 0 aliphatic heterocycles. The highest BCUT2D eigenvalue weighted by atomic mass is 16.5. The summed E-state index contributed by atoms with van der Waals surface area (Å²) in [6.07, 6.45) is 15.4. The molecule has 1 rings (SSSR count). The second-order valence-electron chi connectivity index (χ2n) is 6.11. The van der Waals surface area contributed by atoms with Gasteiger partial charge in [0.15, 0.2) is 0 Å². The third kappa shape index (κ3) is 5.41. The van der Waals surface area contributed by atoms with Gasteiger partial charge in [0.05, 0.1) is 11.6 Å². The molecule has 114 valence electrons. The zero-order chi connectivity index (χ0) is 14.0. The van der Waals surface area contributed by atoms with E-state index in [-0.39, 0.29) is 5.60 Å². The lowest BCUT2D eigenvalue weighted by atomic mass is 9.77. The van der Waals surface area contributed by atoms with Gasteiger partial charge in [0.1, 0.15) is 0 Å². The lowest BCUT2D eigenvalue weighted by Crippen LogP contribution is -2.55. The lowest BCUT2D eigenvalue weighted by Gasteiger charge is -2.42.